The van der Waals surface area contributed by atoms with Crippen LogP contribution in [0.3, 0.4) is 0 Å². The molecule has 0 aromatic heterocycles. The lowest BCUT2D eigenvalue weighted by Gasteiger charge is -2.28. The molecule has 0 radical (unpaired) electrons. The minimum absolute atomic E-state index is 0.402. The maximum absolute atomic E-state index is 12.9. The Labute approximate surface area is 297 Å². The molecule has 0 rings (SSSR count). The minimum atomic E-state index is -1.29. The molecule has 0 saturated heterocycles. The van der Waals surface area contributed by atoms with Gasteiger partial charge in [-0.25, -0.2) is 0 Å². The Bertz CT molecular complexity index is 704. The van der Waals surface area contributed by atoms with E-state index in [2.05, 4.69) is 19.2 Å². The molecule has 0 fully saturated rings. The quantitative estimate of drug-likeness (QED) is 0.0383. The summed E-state index contributed by atoms with van der Waals surface area (Å²) in [5.41, 5.74) is 0. The zero-order chi connectivity index (χ0) is 35.5. The van der Waals surface area contributed by atoms with Gasteiger partial charge in [0.2, 0.25) is 0 Å². The minimum Gasteiger partial charge on any atom is -0.452 e. The first-order valence-electron chi connectivity index (χ1n) is 20.8. The van der Waals surface area contributed by atoms with Gasteiger partial charge in [-0.1, -0.05) is 194 Å². The predicted molar refractivity (Wildman–Crippen MR) is 201 cm³/mol. The molecule has 7 heteroatoms. The van der Waals surface area contributed by atoms with Crippen LogP contribution in [0, 0.1) is 0 Å². The normalized spacial score (nSPS) is 14.0. The van der Waals surface area contributed by atoms with E-state index in [0.717, 1.165) is 38.5 Å². The van der Waals surface area contributed by atoms with Crippen LogP contribution in [-0.4, -0.2) is 58.2 Å². The summed E-state index contributed by atoms with van der Waals surface area (Å²) in [6, 6.07) is -1.01. The molecule has 1 amide bonds. The van der Waals surface area contributed by atoms with Crippen molar-refractivity contribution < 1.29 is 29.6 Å². The number of amides is 1. The Morgan fingerprint density at radius 3 is 1.15 bits per heavy atom. The average molecular weight is 684 g/mol. The second-order valence-corrected chi connectivity index (χ2v) is 14.6. The molecule has 0 aliphatic carbocycles. The fourth-order valence-corrected chi connectivity index (χ4v) is 6.65. The molecule has 0 aliphatic rings. The summed E-state index contributed by atoms with van der Waals surface area (Å²) in [5, 5.41) is 33.6. The number of carbonyl (C=O) groups excluding carboxylic acids is 2. The van der Waals surface area contributed by atoms with Crippen LogP contribution >= 0.6 is 0 Å². The zero-order valence-corrected chi connectivity index (χ0v) is 32.0. The summed E-state index contributed by atoms with van der Waals surface area (Å²) in [4.78, 5) is 24.6. The highest BCUT2D eigenvalue weighted by molar-refractivity contribution is 5.83. The molecule has 4 atom stereocenters. The fraction of sp³-hybridized carbons (Fsp3) is 0.951. The smallest absolute Gasteiger partial charge is 0.303 e. The van der Waals surface area contributed by atoms with E-state index in [1.54, 1.807) is 0 Å². The van der Waals surface area contributed by atoms with Crippen molar-refractivity contribution in [2.24, 2.45) is 0 Å². The van der Waals surface area contributed by atoms with Gasteiger partial charge in [0.15, 0.2) is 6.10 Å². The third kappa shape index (κ3) is 29.7. The van der Waals surface area contributed by atoms with Gasteiger partial charge in [-0.3, -0.25) is 9.59 Å². The van der Waals surface area contributed by atoms with Crippen molar-refractivity contribution >= 4 is 11.9 Å². The van der Waals surface area contributed by atoms with Gasteiger partial charge < -0.3 is 25.4 Å². The first kappa shape index (κ1) is 46.8. The van der Waals surface area contributed by atoms with Gasteiger partial charge in [0.25, 0.3) is 5.91 Å². The molecule has 0 spiro atoms. The third-order valence-electron chi connectivity index (χ3n) is 9.85. The van der Waals surface area contributed by atoms with Crippen molar-refractivity contribution in [2.45, 2.75) is 244 Å². The monoisotopic (exact) mass is 684 g/mol. The van der Waals surface area contributed by atoms with Crippen LogP contribution in [0.15, 0.2) is 0 Å². The number of carbonyl (C=O) groups is 2. The van der Waals surface area contributed by atoms with Crippen molar-refractivity contribution in [3.05, 3.63) is 0 Å². The van der Waals surface area contributed by atoms with Gasteiger partial charge in [-0.2, -0.15) is 0 Å². The van der Waals surface area contributed by atoms with Crippen molar-refractivity contribution in [2.75, 3.05) is 6.61 Å². The molecule has 48 heavy (non-hydrogen) atoms. The van der Waals surface area contributed by atoms with E-state index < -0.39 is 42.8 Å². The average Bonchev–Trinajstić information content (AvgIpc) is 3.07. The summed E-state index contributed by atoms with van der Waals surface area (Å²) in [5.74, 6) is -1.06. The zero-order valence-electron chi connectivity index (χ0n) is 32.0. The van der Waals surface area contributed by atoms with Crippen molar-refractivity contribution in [3.63, 3.8) is 0 Å². The number of hydrogen-bond acceptors (Lipinski definition) is 6. The summed E-state index contributed by atoms with van der Waals surface area (Å²) < 4.78 is 5.29. The lowest BCUT2D eigenvalue weighted by atomic mass is 9.99. The van der Waals surface area contributed by atoms with Crippen molar-refractivity contribution in [3.8, 4) is 0 Å². The van der Waals surface area contributed by atoms with Gasteiger partial charge in [0.05, 0.1) is 18.8 Å². The lowest BCUT2D eigenvalue weighted by Crippen LogP contribution is -2.53. The first-order chi connectivity index (χ1) is 23.4. The van der Waals surface area contributed by atoms with Crippen molar-refractivity contribution in [1.29, 1.82) is 0 Å². The Balaban J connectivity index is 4.01. The highest BCUT2D eigenvalue weighted by Gasteiger charge is 2.30. The molecule has 0 heterocycles. The molecule has 4 N–H and O–H groups in total. The van der Waals surface area contributed by atoms with E-state index in [9.17, 15) is 24.9 Å². The van der Waals surface area contributed by atoms with Gasteiger partial charge in [-0.15, -0.1) is 0 Å². The Hall–Kier alpha value is -1.18. The SMILES string of the molecule is CCCCCCCCCCCCCCCCCCCCCC[C@@H](OC(C)=O)C(=O)N[C@@H](CO)[C@H](O)[C@H](O)CCCCCCCCCCC. The van der Waals surface area contributed by atoms with Crippen molar-refractivity contribution in [1.82, 2.24) is 5.32 Å². The number of nitrogens with one attached hydrogen (secondary N) is 1. The van der Waals surface area contributed by atoms with Crippen LogP contribution < -0.4 is 5.32 Å². The largest absolute Gasteiger partial charge is 0.452 e. The Morgan fingerprint density at radius 2 is 0.833 bits per heavy atom. The van der Waals surface area contributed by atoms with Crippen LogP contribution in [0.25, 0.3) is 0 Å². The second kappa shape index (κ2) is 35.6. The molecular formula is C41H81NO6. The number of ether oxygens (including phenoxy) is 1. The van der Waals surface area contributed by atoms with E-state index in [1.807, 2.05) is 0 Å². The van der Waals surface area contributed by atoms with E-state index in [-0.39, 0.29) is 0 Å². The van der Waals surface area contributed by atoms with E-state index in [0.29, 0.717) is 12.8 Å². The van der Waals surface area contributed by atoms with Gasteiger partial charge in [0, 0.05) is 6.92 Å². The number of esters is 1. The van der Waals surface area contributed by atoms with Crippen LogP contribution in [-0.2, 0) is 14.3 Å². The Kier molecular flexibility index (Phi) is 34.8. The van der Waals surface area contributed by atoms with Crippen LogP contribution in [0.4, 0.5) is 0 Å². The maximum Gasteiger partial charge on any atom is 0.303 e. The molecule has 0 aromatic rings. The van der Waals surface area contributed by atoms with Gasteiger partial charge in [0.1, 0.15) is 6.10 Å². The topological polar surface area (TPSA) is 116 Å². The molecule has 7 nitrogen and oxygen atoms in total. The second-order valence-electron chi connectivity index (χ2n) is 14.6. The number of rotatable bonds is 37. The summed E-state index contributed by atoms with van der Waals surface area (Å²) in [7, 11) is 0. The summed E-state index contributed by atoms with van der Waals surface area (Å²) in [6.45, 7) is 5.27. The van der Waals surface area contributed by atoms with E-state index in [1.165, 1.54) is 155 Å². The lowest BCUT2D eigenvalue weighted by molar-refractivity contribution is -0.155. The first-order valence-corrected chi connectivity index (χ1v) is 20.8. The van der Waals surface area contributed by atoms with Gasteiger partial charge in [-0.05, 0) is 19.3 Å². The van der Waals surface area contributed by atoms with Crippen LogP contribution in [0.1, 0.15) is 220 Å². The maximum atomic E-state index is 12.9. The number of aliphatic hydroxyl groups is 3. The van der Waals surface area contributed by atoms with Crippen LogP contribution in [0.2, 0.25) is 0 Å². The summed E-state index contributed by atoms with van der Waals surface area (Å²) >= 11 is 0. The van der Waals surface area contributed by atoms with Crippen LogP contribution in [0.5, 0.6) is 0 Å². The number of unbranched alkanes of at least 4 members (excludes halogenated alkanes) is 27. The third-order valence-corrected chi connectivity index (χ3v) is 9.85. The summed E-state index contributed by atoms with van der Waals surface area (Å²) in [6.07, 6.45) is 34.0. The van der Waals surface area contributed by atoms with Gasteiger partial charge >= 0.3 is 5.97 Å². The molecule has 0 aromatic carbocycles. The number of aliphatic hydroxyl groups excluding tert-OH is 3. The fourth-order valence-electron chi connectivity index (χ4n) is 6.65. The van der Waals surface area contributed by atoms with E-state index >= 15 is 0 Å². The number of hydrogen-bond donors (Lipinski definition) is 4. The molecule has 286 valence electrons. The van der Waals surface area contributed by atoms with E-state index in [4.69, 9.17) is 4.74 Å². The molecule has 0 unspecified atom stereocenters. The standard InChI is InChI=1S/C41H81NO6/c1-4-6-8-10-12-14-15-16-17-18-19-20-21-22-23-24-26-28-30-32-34-39(48-36(3)44)41(47)42-37(35-43)40(46)38(45)33-31-29-27-25-13-11-9-7-5-2/h37-40,43,45-46H,4-35H2,1-3H3,(H,42,47)/t37-,38+,39+,40-/m0/s1. The molecule has 0 bridgehead atoms. The highest BCUT2D eigenvalue weighted by atomic mass is 16.5. The molecule has 0 saturated carbocycles. The molecule has 0 aliphatic heterocycles. The highest BCUT2D eigenvalue weighted by Crippen LogP contribution is 2.17. The Morgan fingerprint density at radius 1 is 0.521 bits per heavy atom. The predicted octanol–water partition coefficient (Wildman–Crippen LogP) is 10.2. The molecular weight excluding hydrogens is 602 g/mol.